The zero-order valence-corrected chi connectivity index (χ0v) is 7.59. The number of hydrogen-bond acceptors (Lipinski definition) is 2. The molecule has 2 fully saturated rings. The van der Waals surface area contributed by atoms with E-state index in [2.05, 4.69) is 0 Å². The Morgan fingerprint density at radius 2 is 1.60 bits per heavy atom. The summed E-state index contributed by atoms with van der Waals surface area (Å²) in [5.74, 6) is -8.97. The molecule has 0 amide bonds. The molecule has 0 bridgehead atoms. The summed E-state index contributed by atoms with van der Waals surface area (Å²) in [6.45, 7) is -0.368. The van der Waals surface area contributed by atoms with Crippen LogP contribution in [0.2, 0.25) is 0 Å². The maximum atomic E-state index is 11.7. The first kappa shape index (κ1) is 12.2. The van der Waals surface area contributed by atoms with E-state index in [-0.39, 0.29) is 13.0 Å². The number of aliphatic hydroxyl groups excluding tert-OH is 1. The lowest BCUT2D eigenvalue weighted by Crippen LogP contribution is -2.04. The van der Waals surface area contributed by atoms with Gasteiger partial charge in [-0.2, -0.15) is 0 Å². The molecule has 0 saturated heterocycles. The number of halogens is 4. The van der Waals surface area contributed by atoms with Crippen LogP contribution in [0, 0.1) is 11.8 Å². The SMILES string of the molecule is O=C(O)[C@@H]1CC1(F)F.OC[C@@H]1CC1(F)F. The van der Waals surface area contributed by atoms with Crippen molar-refractivity contribution in [2.75, 3.05) is 6.61 Å². The number of hydrogen-bond donors (Lipinski definition) is 2. The van der Waals surface area contributed by atoms with Crippen LogP contribution in [0.15, 0.2) is 0 Å². The van der Waals surface area contributed by atoms with Crippen molar-refractivity contribution in [3.8, 4) is 0 Å². The fourth-order valence-electron chi connectivity index (χ4n) is 0.949. The van der Waals surface area contributed by atoms with E-state index < -0.39 is 36.1 Å². The second kappa shape index (κ2) is 3.62. The molecule has 0 aromatic heterocycles. The van der Waals surface area contributed by atoms with E-state index in [1.54, 1.807) is 0 Å². The van der Waals surface area contributed by atoms with Crippen LogP contribution < -0.4 is 0 Å². The highest BCUT2D eigenvalue weighted by Crippen LogP contribution is 2.48. The largest absolute Gasteiger partial charge is 0.481 e. The second-order valence-electron chi connectivity index (χ2n) is 3.70. The van der Waals surface area contributed by atoms with E-state index >= 15 is 0 Å². The highest BCUT2D eigenvalue weighted by molar-refractivity contribution is 5.74. The number of carbonyl (C=O) groups is 1. The van der Waals surface area contributed by atoms with Gasteiger partial charge in [0, 0.05) is 12.8 Å². The van der Waals surface area contributed by atoms with Crippen molar-refractivity contribution in [1.82, 2.24) is 0 Å². The summed E-state index contributed by atoms with van der Waals surface area (Å²) >= 11 is 0. The maximum Gasteiger partial charge on any atom is 0.312 e. The van der Waals surface area contributed by atoms with E-state index in [1.165, 1.54) is 0 Å². The smallest absolute Gasteiger partial charge is 0.312 e. The fourth-order valence-corrected chi connectivity index (χ4v) is 0.949. The van der Waals surface area contributed by atoms with Gasteiger partial charge in [-0.05, 0) is 0 Å². The van der Waals surface area contributed by atoms with Gasteiger partial charge >= 0.3 is 5.97 Å². The highest BCUT2D eigenvalue weighted by atomic mass is 19.3. The van der Waals surface area contributed by atoms with Gasteiger partial charge in [-0.3, -0.25) is 4.79 Å². The van der Waals surface area contributed by atoms with Gasteiger partial charge < -0.3 is 10.2 Å². The third-order valence-corrected chi connectivity index (χ3v) is 2.30. The molecule has 0 aromatic carbocycles. The first-order valence-electron chi connectivity index (χ1n) is 4.30. The first-order chi connectivity index (χ1) is 6.70. The van der Waals surface area contributed by atoms with Crippen LogP contribution in [0.25, 0.3) is 0 Å². The molecule has 2 aliphatic carbocycles. The zero-order valence-electron chi connectivity index (χ0n) is 7.59. The van der Waals surface area contributed by atoms with E-state index in [9.17, 15) is 22.4 Å². The van der Waals surface area contributed by atoms with Gasteiger partial charge in [0.2, 0.25) is 0 Å². The van der Waals surface area contributed by atoms with E-state index in [0.717, 1.165) is 0 Å². The summed E-state index contributed by atoms with van der Waals surface area (Å²) < 4.78 is 46.6. The lowest BCUT2D eigenvalue weighted by molar-refractivity contribution is -0.140. The normalized spacial score (nSPS) is 33.7. The summed E-state index contributed by atoms with van der Waals surface area (Å²) in [6.07, 6.45) is -0.605. The number of alkyl halides is 4. The Morgan fingerprint density at radius 3 is 1.60 bits per heavy atom. The Bertz CT molecular complexity index is 267. The lowest BCUT2D eigenvalue weighted by atomic mass is 10.4. The topological polar surface area (TPSA) is 57.5 Å². The van der Waals surface area contributed by atoms with Crippen molar-refractivity contribution in [1.29, 1.82) is 0 Å². The molecule has 88 valence electrons. The van der Waals surface area contributed by atoms with Gasteiger partial charge in [0.15, 0.2) is 0 Å². The monoisotopic (exact) mass is 230 g/mol. The summed E-state index contributed by atoms with van der Waals surface area (Å²) in [6, 6.07) is 0. The maximum absolute atomic E-state index is 11.7. The predicted octanol–water partition coefficient (Wildman–Crippen LogP) is 1.36. The van der Waals surface area contributed by atoms with Gasteiger partial charge in [0.05, 0.1) is 12.5 Å². The quantitative estimate of drug-likeness (QED) is 0.704. The average Bonchev–Trinajstić information content (AvgIpc) is 2.89. The summed E-state index contributed by atoms with van der Waals surface area (Å²) in [5.41, 5.74) is 0. The number of carboxylic acids is 1. The molecule has 0 spiro atoms. The molecule has 0 heterocycles. The van der Waals surface area contributed by atoms with E-state index in [4.69, 9.17) is 10.2 Å². The Balaban J connectivity index is 0.000000151. The number of rotatable bonds is 2. The third-order valence-electron chi connectivity index (χ3n) is 2.30. The zero-order chi connectivity index (χ0) is 11.9. The Morgan fingerprint density at radius 1 is 1.20 bits per heavy atom. The van der Waals surface area contributed by atoms with Gasteiger partial charge in [-0.15, -0.1) is 0 Å². The molecular weight excluding hydrogens is 220 g/mol. The molecule has 15 heavy (non-hydrogen) atoms. The van der Waals surface area contributed by atoms with Crippen molar-refractivity contribution in [3.05, 3.63) is 0 Å². The van der Waals surface area contributed by atoms with Gasteiger partial charge in [0.1, 0.15) is 5.92 Å². The van der Waals surface area contributed by atoms with Gasteiger partial charge in [-0.1, -0.05) is 0 Å². The third kappa shape index (κ3) is 3.05. The molecule has 0 unspecified atom stereocenters. The molecule has 7 heteroatoms. The molecule has 3 nitrogen and oxygen atoms in total. The molecule has 2 N–H and O–H groups in total. The van der Waals surface area contributed by atoms with Gasteiger partial charge in [0.25, 0.3) is 11.8 Å². The van der Waals surface area contributed by atoms with E-state index in [0.29, 0.717) is 0 Å². The standard InChI is InChI=1S/C4H4F2O2.C4H6F2O/c5-4(6)1-2(4)3(7)8;5-4(6)1-3(4)2-7/h2H,1H2,(H,7,8);3,7H,1-2H2/t2-;3-/m00/s1. The molecule has 0 radical (unpaired) electrons. The number of aliphatic carboxylic acids is 1. The highest BCUT2D eigenvalue weighted by Gasteiger charge is 2.61. The van der Waals surface area contributed by atoms with Crippen molar-refractivity contribution in [2.45, 2.75) is 24.7 Å². The minimum absolute atomic E-state index is 0.122. The second-order valence-corrected chi connectivity index (χ2v) is 3.70. The van der Waals surface area contributed by atoms with Crippen LogP contribution in [0.1, 0.15) is 12.8 Å². The molecule has 2 saturated carbocycles. The molecule has 0 aliphatic heterocycles. The minimum Gasteiger partial charge on any atom is -0.481 e. The Hall–Kier alpha value is -0.850. The van der Waals surface area contributed by atoms with Crippen LogP contribution in [0.3, 0.4) is 0 Å². The molecule has 2 aliphatic rings. The van der Waals surface area contributed by atoms with Crippen molar-refractivity contribution >= 4 is 5.97 Å². The predicted molar refractivity (Wildman–Crippen MR) is 40.8 cm³/mol. The van der Waals surface area contributed by atoms with Crippen LogP contribution in [0.4, 0.5) is 17.6 Å². The van der Waals surface area contributed by atoms with Crippen molar-refractivity contribution < 1.29 is 32.6 Å². The van der Waals surface area contributed by atoms with E-state index in [1.807, 2.05) is 0 Å². The first-order valence-corrected chi connectivity index (χ1v) is 4.30. The van der Waals surface area contributed by atoms with Crippen molar-refractivity contribution in [2.24, 2.45) is 11.8 Å². The molecule has 2 rings (SSSR count). The minimum atomic E-state index is -2.91. The van der Waals surface area contributed by atoms with Gasteiger partial charge in [-0.25, -0.2) is 17.6 Å². The number of carboxylic acid groups (broad SMARTS) is 1. The summed E-state index contributed by atoms with van der Waals surface area (Å²) in [4.78, 5) is 9.70. The van der Waals surface area contributed by atoms with Crippen LogP contribution in [-0.4, -0.2) is 34.6 Å². The molecule has 0 aromatic rings. The van der Waals surface area contributed by atoms with Crippen LogP contribution in [-0.2, 0) is 4.79 Å². The summed E-state index contributed by atoms with van der Waals surface area (Å²) in [7, 11) is 0. The molecular formula is C8H10F4O3. The summed E-state index contributed by atoms with van der Waals surface area (Å²) in [5, 5.41) is 16.0. The lowest BCUT2D eigenvalue weighted by Gasteiger charge is -1.86. The Kier molecular flexibility index (Phi) is 2.95. The average molecular weight is 230 g/mol. The molecule has 2 atom stereocenters. The van der Waals surface area contributed by atoms with Crippen LogP contribution >= 0.6 is 0 Å². The van der Waals surface area contributed by atoms with Crippen LogP contribution in [0.5, 0.6) is 0 Å². The Labute approximate surface area is 82.7 Å². The fraction of sp³-hybridized carbons (Fsp3) is 0.875. The van der Waals surface area contributed by atoms with Crippen molar-refractivity contribution in [3.63, 3.8) is 0 Å². The number of aliphatic hydroxyl groups is 1.